The highest BCUT2D eigenvalue weighted by molar-refractivity contribution is 5.72. The molecular formula is C29H42NO7+. The van der Waals surface area contributed by atoms with E-state index in [1.807, 2.05) is 13.8 Å². The lowest BCUT2D eigenvalue weighted by Crippen LogP contribution is -2.77. The molecule has 9 rings (SSSR count). The van der Waals surface area contributed by atoms with Gasteiger partial charge in [-0.2, -0.15) is 0 Å². The second-order valence-corrected chi connectivity index (χ2v) is 14.1. The molecule has 9 aliphatic rings. The van der Waals surface area contributed by atoms with Crippen molar-refractivity contribution in [2.75, 3.05) is 7.05 Å². The Morgan fingerprint density at radius 1 is 1.14 bits per heavy atom. The van der Waals surface area contributed by atoms with Crippen molar-refractivity contribution in [2.45, 2.75) is 103 Å². The van der Waals surface area contributed by atoms with Crippen LogP contribution in [-0.2, 0) is 19.1 Å². The molecule has 8 heteroatoms. The summed E-state index contributed by atoms with van der Waals surface area (Å²) in [7, 11) is 2.08. The predicted octanol–water partition coefficient (Wildman–Crippen LogP) is 1.76. The maximum Gasteiger partial charge on any atom is 0.308 e. The molecule has 6 aliphatic carbocycles. The molecule has 3 N–H and O–H groups in total. The van der Waals surface area contributed by atoms with Gasteiger partial charge in [-0.05, 0) is 25.7 Å². The quantitative estimate of drug-likeness (QED) is 0.290. The highest BCUT2D eigenvalue weighted by Gasteiger charge is 2.99. The van der Waals surface area contributed by atoms with Gasteiger partial charge in [-0.15, -0.1) is 0 Å². The van der Waals surface area contributed by atoms with Crippen LogP contribution in [-0.4, -0.2) is 81.5 Å². The molecule has 0 radical (unpaired) electrons. The van der Waals surface area contributed by atoms with E-state index in [1.54, 1.807) is 6.92 Å². The molecule has 8 nitrogen and oxygen atoms in total. The molecule has 0 amide bonds. The monoisotopic (exact) mass is 516 g/mol. The molecule has 2 spiro atoms. The standard InChI is InChI=1S/C29H42NO7/c1-7-12(3)25(34)37-20-16-13(4)9-28-17(20)23-29(22(28)19(16)32)11-14(36-15(31)8-2)10-27(5)21(29)18(24(28)33)30(23,6)26(27)35/h12,14,16-24,26,32-33,35H,4,7-11H2,1-3,5-6H3/q+1/t12-,14-,16+,17?,18+,19+,20?,21+,22+,23+,24-,26-,27+,28-,29-,30?/m0/s1. The van der Waals surface area contributed by atoms with E-state index < -0.39 is 40.8 Å². The Bertz CT molecular complexity index is 1110. The van der Waals surface area contributed by atoms with Crippen LogP contribution < -0.4 is 0 Å². The third-order valence-corrected chi connectivity index (χ3v) is 13.1. The number of aliphatic hydroxyl groups excluding tert-OH is 3. The number of rotatable bonds is 5. The maximum atomic E-state index is 13.2. The zero-order valence-electron chi connectivity index (χ0n) is 22.6. The molecule has 9 fully saturated rings. The first-order valence-electron chi connectivity index (χ1n) is 14.3. The van der Waals surface area contributed by atoms with Crippen LogP contribution >= 0.6 is 0 Å². The Hall–Kier alpha value is -1.48. The normalized spacial score (nSPS) is 60.1. The highest BCUT2D eigenvalue weighted by Crippen LogP contribution is 2.89. The first-order valence-corrected chi connectivity index (χ1v) is 14.3. The number of likely N-dealkylation sites (N-methyl/N-ethyl adjacent to an activating group) is 1. The summed E-state index contributed by atoms with van der Waals surface area (Å²) in [4.78, 5) is 25.6. The van der Waals surface area contributed by atoms with Gasteiger partial charge in [0, 0.05) is 35.0 Å². The van der Waals surface area contributed by atoms with Crippen molar-refractivity contribution in [1.82, 2.24) is 0 Å². The smallest absolute Gasteiger partial charge is 0.308 e. The number of piperidine rings is 2. The third-order valence-electron chi connectivity index (χ3n) is 13.1. The maximum absolute atomic E-state index is 13.2. The second kappa shape index (κ2) is 6.98. The SMILES string of the molecule is C=C1C[C@]23C4C(OC(=O)[C@@H](C)CC)[C@H]1[C@@H](O)[C@H]2[C@]12C[C@@H](OC(=O)CC)C[C@]5(C)[C@H]1[C@H]([C@@H]3O)[N+](C)([C@H]42)[C@H]5O. The van der Waals surface area contributed by atoms with E-state index in [4.69, 9.17) is 9.47 Å². The zero-order chi connectivity index (χ0) is 26.6. The average Bonchev–Trinajstić information content (AvgIpc) is 3.23. The number of ether oxygens (including phenoxy) is 2. The molecular weight excluding hydrogens is 474 g/mol. The molecule has 9 bridgehead atoms. The Balaban J connectivity index is 1.43. The van der Waals surface area contributed by atoms with Crippen molar-refractivity contribution in [3.8, 4) is 0 Å². The van der Waals surface area contributed by atoms with Crippen molar-refractivity contribution in [2.24, 2.45) is 45.8 Å². The molecule has 3 unspecified atom stereocenters. The van der Waals surface area contributed by atoms with Gasteiger partial charge in [-0.3, -0.25) is 14.1 Å². The van der Waals surface area contributed by atoms with Gasteiger partial charge < -0.3 is 24.8 Å². The van der Waals surface area contributed by atoms with Gasteiger partial charge >= 0.3 is 11.9 Å². The fourth-order valence-corrected chi connectivity index (χ4v) is 12.4. The van der Waals surface area contributed by atoms with Crippen molar-refractivity contribution in [3.05, 3.63) is 12.2 Å². The molecule has 3 saturated heterocycles. The first kappa shape index (κ1) is 24.6. The molecule has 0 aromatic rings. The van der Waals surface area contributed by atoms with Gasteiger partial charge in [0.2, 0.25) is 0 Å². The lowest BCUT2D eigenvalue weighted by molar-refractivity contribution is -0.996. The predicted molar refractivity (Wildman–Crippen MR) is 131 cm³/mol. The number of fused-ring (bicyclic) bond motifs is 1. The molecule has 3 heterocycles. The molecule has 16 atom stereocenters. The van der Waals surface area contributed by atoms with E-state index in [2.05, 4.69) is 20.6 Å². The van der Waals surface area contributed by atoms with Crippen molar-refractivity contribution >= 4 is 11.9 Å². The second-order valence-electron chi connectivity index (χ2n) is 14.1. The summed E-state index contributed by atoms with van der Waals surface area (Å²) in [5.74, 6) is -1.58. The van der Waals surface area contributed by atoms with E-state index >= 15 is 0 Å². The van der Waals surface area contributed by atoms with Crippen LogP contribution in [0.2, 0.25) is 0 Å². The minimum atomic E-state index is -0.804. The fourth-order valence-electron chi connectivity index (χ4n) is 12.4. The largest absolute Gasteiger partial charge is 0.462 e. The average molecular weight is 517 g/mol. The van der Waals surface area contributed by atoms with Crippen LogP contribution in [0.4, 0.5) is 0 Å². The van der Waals surface area contributed by atoms with Crippen molar-refractivity contribution in [3.63, 3.8) is 0 Å². The molecule has 37 heavy (non-hydrogen) atoms. The first-order chi connectivity index (χ1) is 17.4. The zero-order valence-corrected chi connectivity index (χ0v) is 22.6. The van der Waals surface area contributed by atoms with Crippen LogP contribution in [0.5, 0.6) is 0 Å². The topological polar surface area (TPSA) is 113 Å². The third kappa shape index (κ3) is 2.24. The molecule has 0 aromatic carbocycles. The van der Waals surface area contributed by atoms with E-state index in [0.717, 1.165) is 5.57 Å². The van der Waals surface area contributed by atoms with Crippen LogP contribution in [0.1, 0.15) is 59.8 Å². The molecule has 3 aliphatic heterocycles. The van der Waals surface area contributed by atoms with E-state index in [-0.39, 0.29) is 59.7 Å². The lowest BCUT2D eigenvalue weighted by atomic mass is 9.38. The van der Waals surface area contributed by atoms with E-state index in [1.165, 1.54) is 0 Å². The Morgan fingerprint density at radius 3 is 2.49 bits per heavy atom. The summed E-state index contributed by atoms with van der Waals surface area (Å²) >= 11 is 0. The molecule has 0 aromatic heterocycles. The molecule has 204 valence electrons. The number of nitrogens with zero attached hydrogens (tertiary/aromatic N) is 1. The van der Waals surface area contributed by atoms with Gasteiger partial charge in [0.25, 0.3) is 0 Å². The highest BCUT2D eigenvalue weighted by atomic mass is 16.6. The van der Waals surface area contributed by atoms with Crippen LogP contribution in [0.3, 0.4) is 0 Å². The van der Waals surface area contributed by atoms with Crippen molar-refractivity contribution < 1.29 is 38.9 Å². The Labute approximate surface area is 218 Å². The summed E-state index contributed by atoms with van der Waals surface area (Å²) in [6, 6.07) is -0.259. The van der Waals surface area contributed by atoms with Crippen LogP contribution in [0.15, 0.2) is 12.2 Å². The van der Waals surface area contributed by atoms with Gasteiger partial charge in [0.1, 0.15) is 30.4 Å². The lowest BCUT2D eigenvalue weighted by Gasteiger charge is -2.66. The number of quaternary nitrogens is 1. The van der Waals surface area contributed by atoms with Gasteiger partial charge in [-0.1, -0.05) is 39.8 Å². The van der Waals surface area contributed by atoms with Gasteiger partial charge in [0.15, 0.2) is 6.23 Å². The van der Waals surface area contributed by atoms with Crippen LogP contribution in [0, 0.1) is 45.8 Å². The van der Waals surface area contributed by atoms with Gasteiger partial charge in [-0.25, -0.2) is 0 Å². The van der Waals surface area contributed by atoms with Crippen LogP contribution in [0.25, 0.3) is 0 Å². The summed E-state index contributed by atoms with van der Waals surface area (Å²) in [6.45, 7) is 12.0. The van der Waals surface area contributed by atoms with Gasteiger partial charge in [0.05, 0.1) is 30.4 Å². The number of carbonyl (C=O) groups excluding carboxylic acids is 2. The van der Waals surface area contributed by atoms with E-state index in [9.17, 15) is 24.9 Å². The minimum Gasteiger partial charge on any atom is -0.462 e. The number of hydrogen-bond donors (Lipinski definition) is 3. The number of hydrogen-bond acceptors (Lipinski definition) is 7. The summed E-state index contributed by atoms with van der Waals surface area (Å²) in [5, 5.41) is 36.5. The number of carbonyl (C=O) groups is 2. The summed E-state index contributed by atoms with van der Waals surface area (Å²) in [6.07, 6.45) is -0.476. The Kier molecular flexibility index (Phi) is 4.63. The molecule has 6 saturated carbocycles. The van der Waals surface area contributed by atoms with Crippen molar-refractivity contribution in [1.29, 1.82) is 0 Å². The summed E-state index contributed by atoms with van der Waals surface area (Å²) in [5.41, 5.74) is -0.760. The summed E-state index contributed by atoms with van der Waals surface area (Å²) < 4.78 is 12.6. The minimum absolute atomic E-state index is 0.00890. The number of esters is 2. The number of aliphatic hydroxyl groups is 3. The fraction of sp³-hybridized carbons (Fsp3) is 0.862. The Morgan fingerprint density at radius 2 is 1.84 bits per heavy atom. The van der Waals surface area contributed by atoms with E-state index in [0.29, 0.717) is 36.6 Å².